The van der Waals surface area contributed by atoms with E-state index in [0.717, 1.165) is 26.3 Å². The van der Waals surface area contributed by atoms with Crippen molar-refractivity contribution >= 4 is 0 Å². The summed E-state index contributed by atoms with van der Waals surface area (Å²) in [6.45, 7) is 9.98. The Hall–Kier alpha value is -0.120. The number of rotatable bonds is 7. The van der Waals surface area contributed by atoms with Crippen molar-refractivity contribution in [2.24, 2.45) is 0 Å². The van der Waals surface area contributed by atoms with Crippen LogP contribution in [-0.2, 0) is 4.74 Å². The molecule has 0 amide bonds. The molecule has 1 saturated heterocycles. The molecule has 0 atom stereocenters. The first-order valence-corrected chi connectivity index (χ1v) is 5.94. The minimum atomic E-state index is 0.934. The Morgan fingerprint density at radius 3 is 2.57 bits per heavy atom. The van der Waals surface area contributed by atoms with E-state index in [0.29, 0.717) is 0 Å². The third-order valence-electron chi connectivity index (χ3n) is 2.61. The standard InChI is InChI=1S/C11H24N2O/c1-2-3-10-14-11-4-7-13-8-5-12-6-9-13/h12H,2-11H2,1H3. The predicted molar refractivity (Wildman–Crippen MR) is 59.7 cm³/mol. The normalized spacial score (nSPS) is 18.6. The smallest absolute Gasteiger partial charge is 0.0478 e. The highest BCUT2D eigenvalue weighted by Crippen LogP contribution is 1.95. The summed E-state index contributed by atoms with van der Waals surface area (Å²) in [7, 11) is 0. The Balaban J connectivity index is 1.82. The highest BCUT2D eigenvalue weighted by atomic mass is 16.5. The molecule has 0 aliphatic carbocycles. The number of unbranched alkanes of at least 4 members (excludes halogenated alkanes) is 1. The van der Waals surface area contributed by atoms with Gasteiger partial charge in [-0.2, -0.15) is 0 Å². The number of hydrogen-bond acceptors (Lipinski definition) is 3. The molecule has 1 aliphatic rings. The molecule has 1 N–H and O–H groups in total. The second kappa shape index (κ2) is 8.21. The molecule has 0 bridgehead atoms. The molecule has 0 radical (unpaired) electrons. The Morgan fingerprint density at radius 1 is 1.14 bits per heavy atom. The van der Waals surface area contributed by atoms with Crippen LogP contribution in [0.5, 0.6) is 0 Å². The van der Waals surface area contributed by atoms with Crippen LogP contribution in [0, 0.1) is 0 Å². The van der Waals surface area contributed by atoms with Gasteiger partial charge >= 0.3 is 0 Å². The zero-order valence-electron chi connectivity index (χ0n) is 9.43. The van der Waals surface area contributed by atoms with E-state index in [1.54, 1.807) is 0 Å². The van der Waals surface area contributed by atoms with E-state index in [4.69, 9.17) is 4.74 Å². The van der Waals surface area contributed by atoms with Gasteiger partial charge in [-0.3, -0.25) is 0 Å². The van der Waals surface area contributed by atoms with E-state index in [1.165, 1.54) is 38.9 Å². The molecule has 1 heterocycles. The fraction of sp³-hybridized carbons (Fsp3) is 1.00. The van der Waals surface area contributed by atoms with E-state index in [-0.39, 0.29) is 0 Å². The summed E-state index contributed by atoms with van der Waals surface area (Å²) < 4.78 is 5.52. The third-order valence-corrected chi connectivity index (χ3v) is 2.61. The van der Waals surface area contributed by atoms with Crippen molar-refractivity contribution in [3.05, 3.63) is 0 Å². The molecule has 1 rings (SSSR count). The minimum absolute atomic E-state index is 0.934. The average molecular weight is 200 g/mol. The Bertz CT molecular complexity index is 124. The van der Waals surface area contributed by atoms with Gasteiger partial charge < -0.3 is 15.0 Å². The number of ether oxygens (including phenoxy) is 1. The monoisotopic (exact) mass is 200 g/mol. The van der Waals surface area contributed by atoms with Crippen molar-refractivity contribution in [1.82, 2.24) is 10.2 Å². The third kappa shape index (κ3) is 5.58. The van der Waals surface area contributed by atoms with Crippen LogP contribution in [0.3, 0.4) is 0 Å². The molecule has 84 valence electrons. The van der Waals surface area contributed by atoms with Crippen LogP contribution in [0.2, 0.25) is 0 Å². The second-order valence-electron chi connectivity index (χ2n) is 3.91. The van der Waals surface area contributed by atoms with E-state index in [1.807, 2.05) is 0 Å². The number of hydrogen-bond donors (Lipinski definition) is 1. The van der Waals surface area contributed by atoms with Gasteiger partial charge in [0.05, 0.1) is 0 Å². The molecular weight excluding hydrogens is 176 g/mol. The average Bonchev–Trinajstić information content (AvgIpc) is 2.25. The zero-order valence-corrected chi connectivity index (χ0v) is 9.43. The Kier molecular flexibility index (Phi) is 7.01. The van der Waals surface area contributed by atoms with Crippen molar-refractivity contribution in [1.29, 1.82) is 0 Å². The van der Waals surface area contributed by atoms with E-state index in [2.05, 4.69) is 17.1 Å². The number of nitrogens with zero attached hydrogens (tertiary/aromatic N) is 1. The topological polar surface area (TPSA) is 24.5 Å². The van der Waals surface area contributed by atoms with E-state index in [9.17, 15) is 0 Å². The van der Waals surface area contributed by atoms with Gasteiger partial charge in [0.1, 0.15) is 0 Å². The summed E-state index contributed by atoms with van der Waals surface area (Å²) in [5.74, 6) is 0. The van der Waals surface area contributed by atoms with Crippen molar-refractivity contribution in [3.8, 4) is 0 Å². The maximum absolute atomic E-state index is 5.52. The molecule has 0 saturated carbocycles. The maximum Gasteiger partial charge on any atom is 0.0478 e. The van der Waals surface area contributed by atoms with Crippen molar-refractivity contribution in [3.63, 3.8) is 0 Å². The highest BCUT2D eigenvalue weighted by Gasteiger charge is 2.07. The summed E-state index contributed by atoms with van der Waals surface area (Å²) in [4.78, 5) is 2.51. The van der Waals surface area contributed by atoms with Gasteiger partial charge in [0, 0.05) is 45.9 Å². The molecule has 1 fully saturated rings. The second-order valence-corrected chi connectivity index (χ2v) is 3.91. The van der Waals surface area contributed by atoms with Crippen molar-refractivity contribution in [2.75, 3.05) is 45.9 Å². The summed E-state index contributed by atoms with van der Waals surface area (Å²) in [5.41, 5.74) is 0. The molecule has 0 aromatic rings. The fourth-order valence-corrected chi connectivity index (χ4v) is 1.67. The molecule has 0 spiro atoms. The summed E-state index contributed by atoms with van der Waals surface area (Å²) >= 11 is 0. The van der Waals surface area contributed by atoms with Gasteiger partial charge in [-0.25, -0.2) is 0 Å². The predicted octanol–water partition coefficient (Wildman–Crippen LogP) is 1.10. The molecule has 14 heavy (non-hydrogen) atoms. The lowest BCUT2D eigenvalue weighted by atomic mass is 10.3. The van der Waals surface area contributed by atoms with Gasteiger partial charge in [-0.05, 0) is 12.8 Å². The van der Waals surface area contributed by atoms with Crippen LogP contribution < -0.4 is 5.32 Å². The lowest BCUT2D eigenvalue weighted by Gasteiger charge is -2.26. The summed E-state index contributed by atoms with van der Waals surface area (Å²) in [6.07, 6.45) is 3.62. The molecule has 1 aliphatic heterocycles. The first kappa shape index (κ1) is 12.0. The van der Waals surface area contributed by atoms with Crippen molar-refractivity contribution in [2.45, 2.75) is 26.2 Å². The minimum Gasteiger partial charge on any atom is -0.381 e. The quantitative estimate of drug-likeness (QED) is 0.623. The SMILES string of the molecule is CCCCOCCCN1CCNCC1. The maximum atomic E-state index is 5.52. The molecule has 0 aromatic carbocycles. The van der Waals surface area contributed by atoms with Crippen LogP contribution in [0.15, 0.2) is 0 Å². The van der Waals surface area contributed by atoms with Crippen LogP contribution >= 0.6 is 0 Å². The lowest BCUT2D eigenvalue weighted by molar-refractivity contribution is 0.116. The first-order chi connectivity index (χ1) is 6.93. The Morgan fingerprint density at radius 2 is 1.86 bits per heavy atom. The van der Waals surface area contributed by atoms with Gasteiger partial charge in [-0.1, -0.05) is 13.3 Å². The van der Waals surface area contributed by atoms with Crippen LogP contribution in [0.1, 0.15) is 26.2 Å². The van der Waals surface area contributed by atoms with Crippen LogP contribution in [0.25, 0.3) is 0 Å². The zero-order chi connectivity index (χ0) is 10.1. The van der Waals surface area contributed by atoms with Gasteiger partial charge in [0.25, 0.3) is 0 Å². The molecule has 0 unspecified atom stereocenters. The van der Waals surface area contributed by atoms with Crippen LogP contribution in [-0.4, -0.2) is 50.8 Å². The largest absolute Gasteiger partial charge is 0.381 e. The van der Waals surface area contributed by atoms with E-state index >= 15 is 0 Å². The molecular formula is C11H24N2O. The number of piperazine rings is 1. The lowest BCUT2D eigenvalue weighted by Crippen LogP contribution is -2.43. The number of nitrogens with one attached hydrogen (secondary N) is 1. The van der Waals surface area contributed by atoms with Gasteiger partial charge in [0.2, 0.25) is 0 Å². The molecule has 0 aromatic heterocycles. The molecule has 3 nitrogen and oxygen atoms in total. The Labute approximate surface area is 87.8 Å². The molecule has 3 heteroatoms. The summed E-state index contributed by atoms with van der Waals surface area (Å²) in [6, 6.07) is 0. The van der Waals surface area contributed by atoms with Gasteiger partial charge in [0.15, 0.2) is 0 Å². The van der Waals surface area contributed by atoms with Crippen LogP contribution in [0.4, 0.5) is 0 Å². The van der Waals surface area contributed by atoms with E-state index < -0.39 is 0 Å². The first-order valence-electron chi connectivity index (χ1n) is 5.94. The fourth-order valence-electron chi connectivity index (χ4n) is 1.67. The van der Waals surface area contributed by atoms with Crippen molar-refractivity contribution < 1.29 is 4.74 Å². The summed E-state index contributed by atoms with van der Waals surface area (Å²) in [5, 5.41) is 3.36. The van der Waals surface area contributed by atoms with Gasteiger partial charge in [-0.15, -0.1) is 0 Å². The highest BCUT2D eigenvalue weighted by molar-refractivity contribution is 4.66.